The smallest absolute Gasteiger partial charge is 0.0513 e. The van der Waals surface area contributed by atoms with Crippen molar-refractivity contribution in [2.24, 2.45) is 11.5 Å². The van der Waals surface area contributed by atoms with E-state index in [2.05, 4.69) is 59.6 Å². The van der Waals surface area contributed by atoms with Gasteiger partial charge in [-0.15, -0.1) is 0 Å². The summed E-state index contributed by atoms with van der Waals surface area (Å²) in [5.41, 5.74) is 16.6. The van der Waals surface area contributed by atoms with E-state index >= 15 is 0 Å². The molecule has 5 N–H and O–H groups in total. The molecule has 3 heteroatoms. The van der Waals surface area contributed by atoms with Crippen LogP contribution in [0.3, 0.4) is 0 Å². The first-order chi connectivity index (χ1) is 11.3. The highest BCUT2D eigenvalue weighted by Gasteiger charge is 2.18. The number of benzene rings is 3. The highest BCUT2D eigenvalue weighted by Crippen LogP contribution is 2.34. The number of nitrogens with two attached hydrogens (primary N) is 2. The molecule has 1 unspecified atom stereocenters. The first-order valence-corrected chi connectivity index (χ1v) is 7.83. The third kappa shape index (κ3) is 2.31. The molecular weight excluding hydrogens is 282 g/mol. The Hall–Kier alpha value is -2.62. The zero-order valence-corrected chi connectivity index (χ0v) is 12.8. The zero-order valence-electron chi connectivity index (χ0n) is 12.8. The number of para-hydroxylation sites is 1. The van der Waals surface area contributed by atoms with Crippen LogP contribution in [0.5, 0.6) is 0 Å². The normalized spacial score (nSPS) is 12.8. The summed E-state index contributed by atoms with van der Waals surface area (Å²) < 4.78 is 0. The van der Waals surface area contributed by atoms with E-state index in [4.69, 9.17) is 11.5 Å². The number of aromatic nitrogens is 1. The van der Waals surface area contributed by atoms with Crippen LogP contribution in [0.4, 0.5) is 0 Å². The van der Waals surface area contributed by atoms with Crippen molar-refractivity contribution in [1.82, 2.24) is 4.98 Å². The largest absolute Gasteiger partial charge is 0.354 e. The molecule has 1 atom stereocenters. The molecule has 4 aromatic rings. The maximum atomic E-state index is 6.31. The van der Waals surface area contributed by atoms with Crippen LogP contribution in [-0.2, 0) is 0 Å². The molecule has 0 radical (unpaired) electrons. The van der Waals surface area contributed by atoms with Crippen LogP contribution < -0.4 is 11.5 Å². The number of aromatic amines is 1. The van der Waals surface area contributed by atoms with Gasteiger partial charge < -0.3 is 16.5 Å². The summed E-state index contributed by atoms with van der Waals surface area (Å²) >= 11 is 0. The van der Waals surface area contributed by atoms with Gasteiger partial charge in [0.05, 0.1) is 5.69 Å². The SMILES string of the molecule is NCC(N)c1c(-c2ccc3ccccc3c2)[nH]c2ccccc12. The summed E-state index contributed by atoms with van der Waals surface area (Å²) in [6.45, 7) is 0.419. The summed E-state index contributed by atoms with van der Waals surface area (Å²) in [6.07, 6.45) is 0. The fraction of sp³-hybridized carbons (Fsp3) is 0.100. The zero-order chi connectivity index (χ0) is 15.8. The minimum Gasteiger partial charge on any atom is -0.354 e. The minimum absolute atomic E-state index is 0.187. The molecule has 0 aliphatic carbocycles. The Morgan fingerprint density at radius 3 is 2.43 bits per heavy atom. The highest BCUT2D eigenvalue weighted by atomic mass is 14.8. The van der Waals surface area contributed by atoms with Gasteiger partial charge in [0.2, 0.25) is 0 Å². The number of hydrogen-bond donors (Lipinski definition) is 3. The molecule has 23 heavy (non-hydrogen) atoms. The van der Waals surface area contributed by atoms with Gasteiger partial charge in [-0.25, -0.2) is 0 Å². The first-order valence-electron chi connectivity index (χ1n) is 7.83. The van der Waals surface area contributed by atoms with Gasteiger partial charge in [0.1, 0.15) is 0 Å². The Bertz CT molecular complexity index is 984. The summed E-state index contributed by atoms with van der Waals surface area (Å²) in [5.74, 6) is 0. The molecule has 0 spiro atoms. The number of H-pyrrole nitrogens is 1. The second kappa shape index (κ2) is 5.54. The van der Waals surface area contributed by atoms with Crippen molar-refractivity contribution in [3.05, 3.63) is 72.3 Å². The second-order valence-corrected chi connectivity index (χ2v) is 5.86. The van der Waals surface area contributed by atoms with Gasteiger partial charge in [0, 0.05) is 29.1 Å². The Morgan fingerprint density at radius 2 is 1.61 bits per heavy atom. The van der Waals surface area contributed by atoms with Gasteiger partial charge in [-0.05, 0) is 28.5 Å². The lowest BCUT2D eigenvalue weighted by molar-refractivity contribution is 0.745. The van der Waals surface area contributed by atoms with E-state index in [-0.39, 0.29) is 6.04 Å². The lowest BCUT2D eigenvalue weighted by Gasteiger charge is -2.12. The molecule has 0 bridgehead atoms. The number of hydrogen-bond acceptors (Lipinski definition) is 2. The number of rotatable bonds is 3. The lowest BCUT2D eigenvalue weighted by Crippen LogP contribution is -2.21. The van der Waals surface area contributed by atoms with Crippen molar-refractivity contribution in [3.63, 3.8) is 0 Å². The van der Waals surface area contributed by atoms with Crippen LogP contribution >= 0.6 is 0 Å². The molecule has 0 saturated heterocycles. The Kier molecular flexibility index (Phi) is 3.37. The molecule has 114 valence electrons. The average molecular weight is 301 g/mol. The van der Waals surface area contributed by atoms with Gasteiger partial charge in [-0.1, -0.05) is 54.6 Å². The molecule has 0 saturated carbocycles. The molecule has 0 aliphatic rings. The molecule has 1 aromatic heterocycles. The van der Waals surface area contributed by atoms with E-state index in [1.807, 2.05) is 12.1 Å². The topological polar surface area (TPSA) is 67.8 Å². The molecule has 0 fully saturated rings. The number of nitrogens with one attached hydrogen (secondary N) is 1. The Balaban J connectivity index is 1.99. The predicted molar refractivity (Wildman–Crippen MR) is 97.2 cm³/mol. The molecule has 1 heterocycles. The summed E-state index contributed by atoms with van der Waals surface area (Å²) in [6, 6.07) is 22.9. The first kappa shape index (κ1) is 14.0. The maximum Gasteiger partial charge on any atom is 0.0513 e. The van der Waals surface area contributed by atoms with E-state index in [1.54, 1.807) is 0 Å². The van der Waals surface area contributed by atoms with E-state index in [9.17, 15) is 0 Å². The van der Waals surface area contributed by atoms with Crippen molar-refractivity contribution in [1.29, 1.82) is 0 Å². The van der Waals surface area contributed by atoms with Gasteiger partial charge in [0.25, 0.3) is 0 Å². The molecule has 0 aliphatic heterocycles. The van der Waals surface area contributed by atoms with Crippen LogP contribution in [0.2, 0.25) is 0 Å². The predicted octanol–water partition coefficient (Wildman–Crippen LogP) is 3.95. The van der Waals surface area contributed by atoms with Crippen LogP contribution in [-0.4, -0.2) is 11.5 Å². The van der Waals surface area contributed by atoms with Crippen molar-refractivity contribution in [2.75, 3.05) is 6.54 Å². The van der Waals surface area contributed by atoms with Crippen LogP contribution in [0.1, 0.15) is 11.6 Å². The standard InChI is InChI=1S/C20H19N3/c21-12-17(22)19-16-7-3-4-8-18(16)23-20(19)15-10-9-13-5-1-2-6-14(13)11-15/h1-11,17,23H,12,21-22H2. The van der Waals surface area contributed by atoms with Crippen LogP contribution in [0.25, 0.3) is 32.9 Å². The van der Waals surface area contributed by atoms with Crippen molar-refractivity contribution < 1.29 is 0 Å². The van der Waals surface area contributed by atoms with Crippen molar-refractivity contribution in [2.45, 2.75) is 6.04 Å². The van der Waals surface area contributed by atoms with Gasteiger partial charge in [-0.2, -0.15) is 0 Å². The van der Waals surface area contributed by atoms with E-state index in [0.717, 1.165) is 27.7 Å². The Morgan fingerprint density at radius 1 is 0.870 bits per heavy atom. The summed E-state index contributed by atoms with van der Waals surface area (Å²) in [4.78, 5) is 3.52. The number of fused-ring (bicyclic) bond motifs is 2. The summed E-state index contributed by atoms with van der Waals surface area (Å²) in [5, 5.41) is 3.60. The molecular formula is C20H19N3. The van der Waals surface area contributed by atoms with Crippen LogP contribution in [0.15, 0.2) is 66.7 Å². The second-order valence-electron chi connectivity index (χ2n) is 5.86. The quantitative estimate of drug-likeness (QED) is 0.536. The fourth-order valence-electron chi connectivity index (χ4n) is 3.24. The van der Waals surface area contributed by atoms with Gasteiger partial charge in [-0.3, -0.25) is 0 Å². The van der Waals surface area contributed by atoms with E-state index in [0.29, 0.717) is 6.54 Å². The van der Waals surface area contributed by atoms with Gasteiger partial charge >= 0.3 is 0 Å². The third-order valence-corrected chi connectivity index (χ3v) is 4.41. The van der Waals surface area contributed by atoms with Crippen molar-refractivity contribution >= 4 is 21.7 Å². The monoisotopic (exact) mass is 301 g/mol. The average Bonchev–Trinajstić information content (AvgIpc) is 3.00. The van der Waals surface area contributed by atoms with Crippen LogP contribution in [0, 0.1) is 0 Å². The molecule has 4 rings (SSSR count). The lowest BCUT2D eigenvalue weighted by atomic mass is 9.97. The fourth-order valence-corrected chi connectivity index (χ4v) is 3.24. The Labute approximate surface area is 134 Å². The summed E-state index contributed by atoms with van der Waals surface area (Å²) in [7, 11) is 0. The van der Waals surface area contributed by atoms with Gasteiger partial charge in [0.15, 0.2) is 0 Å². The molecule has 3 aromatic carbocycles. The van der Waals surface area contributed by atoms with E-state index < -0.39 is 0 Å². The molecule has 3 nitrogen and oxygen atoms in total. The maximum absolute atomic E-state index is 6.31. The highest BCUT2D eigenvalue weighted by molar-refractivity contribution is 5.94. The van der Waals surface area contributed by atoms with E-state index in [1.165, 1.54) is 10.8 Å². The van der Waals surface area contributed by atoms with Crippen molar-refractivity contribution in [3.8, 4) is 11.3 Å². The molecule has 0 amide bonds. The third-order valence-electron chi connectivity index (χ3n) is 4.41. The minimum atomic E-state index is -0.187.